The summed E-state index contributed by atoms with van der Waals surface area (Å²) in [7, 11) is 0. The van der Waals surface area contributed by atoms with Crippen molar-refractivity contribution in [2.75, 3.05) is 5.32 Å². The average molecular weight is 241 g/mol. The maximum absolute atomic E-state index is 12.0. The minimum absolute atomic E-state index is 0.0141. The maximum Gasteiger partial charge on any atom is 0.255 e. The van der Waals surface area contributed by atoms with E-state index in [2.05, 4.69) is 5.32 Å². The molecule has 2 rings (SSSR count). The highest BCUT2D eigenvalue weighted by Crippen LogP contribution is 2.12. The number of hydrogen-bond donors (Lipinski definition) is 2. The molecule has 0 aliphatic rings. The van der Waals surface area contributed by atoms with Gasteiger partial charge in [-0.3, -0.25) is 4.79 Å². The quantitative estimate of drug-likeness (QED) is 0.868. The van der Waals surface area contributed by atoms with Crippen molar-refractivity contribution >= 4 is 11.6 Å². The van der Waals surface area contributed by atoms with Crippen molar-refractivity contribution in [3.8, 4) is 0 Å². The molecule has 0 aliphatic carbocycles. The minimum atomic E-state index is -0.148. The highest BCUT2D eigenvalue weighted by Gasteiger charge is 2.05. The molecule has 3 nitrogen and oxygen atoms in total. The Hall–Kier alpha value is -2.13. The van der Waals surface area contributed by atoms with E-state index in [9.17, 15) is 4.79 Å². The van der Waals surface area contributed by atoms with Crippen LogP contribution in [0.4, 0.5) is 5.69 Å². The molecule has 0 atom stereocenters. The standard InChI is InChI=1S/C15H15NO2/c1-11-3-2-4-14(9-11)16-15(18)13-7-5-12(10-17)6-8-13/h2-9,17H,10H2,1H3,(H,16,18). The third kappa shape index (κ3) is 2.96. The number of aliphatic hydroxyl groups is 1. The largest absolute Gasteiger partial charge is 0.392 e. The van der Waals surface area contributed by atoms with Crippen LogP contribution in [-0.2, 0) is 6.61 Å². The molecular formula is C15H15NO2. The Morgan fingerprint density at radius 3 is 2.50 bits per heavy atom. The first-order valence-electron chi connectivity index (χ1n) is 5.77. The fourth-order valence-electron chi connectivity index (χ4n) is 1.69. The lowest BCUT2D eigenvalue weighted by Crippen LogP contribution is -2.11. The minimum Gasteiger partial charge on any atom is -0.392 e. The van der Waals surface area contributed by atoms with Gasteiger partial charge in [-0.1, -0.05) is 24.3 Å². The molecule has 0 unspecified atom stereocenters. The van der Waals surface area contributed by atoms with Crippen molar-refractivity contribution in [3.63, 3.8) is 0 Å². The molecule has 1 amide bonds. The highest BCUT2D eigenvalue weighted by molar-refractivity contribution is 6.04. The summed E-state index contributed by atoms with van der Waals surface area (Å²) in [6, 6.07) is 14.5. The third-order valence-electron chi connectivity index (χ3n) is 2.67. The number of benzene rings is 2. The molecule has 0 radical (unpaired) electrons. The molecule has 92 valence electrons. The Kier molecular flexibility index (Phi) is 3.75. The molecule has 3 heteroatoms. The van der Waals surface area contributed by atoms with E-state index in [4.69, 9.17) is 5.11 Å². The Morgan fingerprint density at radius 1 is 1.17 bits per heavy atom. The Balaban J connectivity index is 2.11. The van der Waals surface area contributed by atoms with Gasteiger partial charge in [0.1, 0.15) is 0 Å². The van der Waals surface area contributed by atoms with Crippen LogP contribution < -0.4 is 5.32 Å². The van der Waals surface area contributed by atoms with Crippen LogP contribution >= 0.6 is 0 Å². The number of amides is 1. The van der Waals surface area contributed by atoms with E-state index in [1.165, 1.54) is 0 Å². The van der Waals surface area contributed by atoms with E-state index in [-0.39, 0.29) is 12.5 Å². The van der Waals surface area contributed by atoms with Crippen molar-refractivity contribution < 1.29 is 9.90 Å². The zero-order valence-corrected chi connectivity index (χ0v) is 10.2. The molecule has 0 saturated carbocycles. The highest BCUT2D eigenvalue weighted by atomic mass is 16.3. The predicted molar refractivity (Wildman–Crippen MR) is 71.5 cm³/mol. The maximum atomic E-state index is 12.0. The van der Waals surface area contributed by atoms with E-state index in [1.807, 2.05) is 31.2 Å². The Labute approximate surface area is 106 Å². The van der Waals surface area contributed by atoms with Gasteiger partial charge in [0.2, 0.25) is 0 Å². The van der Waals surface area contributed by atoms with E-state index in [1.54, 1.807) is 24.3 Å². The molecule has 0 fully saturated rings. The summed E-state index contributed by atoms with van der Waals surface area (Å²) in [6.07, 6.45) is 0. The topological polar surface area (TPSA) is 49.3 Å². The summed E-state index contributed by atoms with van der Waals surface area (Å²) in [5, 5.41) is 11.8. The van der Waals surface area contributed by atoms with Crippen LogP contribution in [0.2, 0.25) is 0 Å². The van der Waals surface area contributed by atoms with Crippen molar-refractivity contribution in [1.82, 2.24) is 0 Å². The number of carbonyl (C=O) groups excluding carboxylic acids is 1. The van der Waals surface area contributed by atoms with Crippen LogP contribution in [0.25, 0.3) is 0 Å². The van der Waals surface area contributed by atoms with Crippen molar-refractivity contribution in [2.24, 2.45) is 0 Å². The van der Waals surface area contributed by atoms with Crippen LogP contribution in [0.15, 0.2) is 48.5 Å². The van der Waals surface area contributed by atoms with E-state index in [0.717, 1.165) is 16.8 Å². The summed E-state index contributed by atoms with van der Waals surface area (Å²) in [6.45, 7) is 1.96. The summed E-state index contributed by atoms with van der Waals surface area (Å²) in [5.74, 6) is -0.148. The normalized spacial score (nSPS) is 10.1. The predicted octanol–water partition coefficient (Wildman–Crippen LogP) is 2.74. The molecule has 0 aromatic heterocycles. The lowest BCUT2D eigenvalue weighted by molar-refractivity contribution is 0.102. The molecule has 2 aromatic rings. The second kappa shape index (κ2) is 5.47. The number of hydrogen-bond acceptors (Lipinski definition) is 2. The molecule has 0 saturated heterocycles. The zero-order chi connectivity index (χ0) is 13.0. The smallest absolute Gasteiger partial charge is 0.255 e. The second-order valence-corrected chi connectivity index (χ2v) is 4.18. The number of nitrogens with one attached hydrogen (secondary N) is 1. The van der Waals surface area contributed by atoms with Crippen LogP contribution in [0, 0.1) is 6.92 Å². The monoisotopic (exact) mass is 241 g/mol. The summed E-state index contributed by atoms with van der Waals surface area (Å²) >= 11 is 0. The van der Waals surface area contributed by atoms with Gasteiger partial charge in [0.15, 0.2) is 0 Å². The lowest BCUT2D eigenvalue weighted by atomic mass is 10.1. The second-order valence-electron chi connectivity index (χ2n) is 4.18. The lowest BCUT2D eigenvalue weighted by Gasteiger charge is -2.06. The van der Waals surface area contributed by atoms with Gasteiger partial charge in [-0.05, 0) is 42.3 Å². The van der Waals surface area contributed by atoms with E-state index >= 15 is 0 Å². The fraction of sp³-hybridized carbons (Fsp3) is 0.133. The zero-order valence-electron chi connectivity index (χ0n) is 10.2. The van der Waals surface area contributed by atoms with Gasteiger partial charge in [0.25, 0.3) is 5.91 Å². The first-order valence-corrected chi connectivity index (χ1v) is 5.77. The average Bonchev–Trinajstić information content (AvgIpc) is 2.39. The summed E-state index contributed by atoms with van der Waals surface area (Å²) < 4.78 is 0. The fourth-order valence-corrected chi connectivity index (χ4v) is 1.69. The molecular weight excluding hydrogens is 226 g/mol. The molecule has 0 bridgehead atoms. The van der Waals surface area contributed by atoms with Gasteiger partial charge in [-0.15, -0.1) is 0 Å². The van der Waals surface area contributed by atoms with Crippen LogP contribution in [0.3, 0.4) is 0 Å². The number of anilines is 1. The van der Waals surface area contributed by atoms with Crippen LogP contribution in [0.1, 0.15) is 21.5 Å². The molecule has 2 N–H and O–H groups in total. The van der Waals surface area contributed by atoms with Crippen molar-refractivity contribution in [1.29, 1.82) is 0 Å². The first kappa shape index (κ1) is 12.3. The third-order valence-corrected chi connectivity index (χ3v) is 2.67. The molecule has 2 aromatic carbocycles. The van der Waals surface area contributed by atoms with Gasteiger partial charge >= 0.3 is 0 Å². The van der Waals surface area contributed by atoms with Gasteiger partial charge in [0, 0.05) is 11.3 Å². The summed E-state index contributed by atoms with van der Waals surface area (Å²) in [5.41, 5.74) is 3.26. The van der Waals surface area contributed by atoms with Gasteiger partial charge in [-0.2, -0.15) is 0 Å². The van der Waals surface area contributed by atoms with Crippen LogP contribution in [-0.4, -0.2) is 11.0 Å². The summed E-state index contributed by atoms with van der Waals surface area (Å²) in [4.78, 5) is 12.0. The molecule has 18 heavy (non-hydrogen) atoms. The number of aliphatic hydroxyl groups excluding tert-OH is 1. The van der Waals surface area contributed by atoms with Gasteiger partial charge in [-0.25, -0.2) is 0 Å². The molecule has 0 aliphatic heterocycles. The van der Waals surface area contributed by atoms with E-state index < -0.39 is 0 Å². The van der Waals surface area contributed by atoms with Gasteiger partial charge in [0.05, 0.1) is 6.61 Å². The molecule has 0 spiro atoms. The Morgan fingerprint density at radius 2 is 1.89 bits per heavy atom. The number of rotatable bonds is 3. The number of aryl methyl sites for hydroxylation is 1. The first-order chi connectivity index (χ1) is 8.69. The van der Waals surface area contributed by atoms with Crippen molar-refractivity contribution in [3.05, 3.63) is 65.2 Å². The van der Waals surface area contributed by atoms with Gasteiger partial charge < -0.3 is 10.4 Å². The molecule has 0 heterocycles. The SMILES string of the molecule is Cc1cccc(NC(=O)c2ccc(CO)cc2)c1. The number of carbonyl (C=O) groups is 1. The van der Waals surface area contributed by atoms with E-state index in [0.29, 0.717) is 5.56 Å². The van der Waals surface area contributed by atoms with Crippen LogP contribution in [0.5, 0.6) is 0 Å². The Bertz CT molecular complexity index is 547. The van der Waals surface area contributed by atoms with Crippen molar-refractivity contribution in [2.45, 2.75) is 13.5 Å².